The number of rotatable bonds is 7. The van der Waals surface area contributed by atoms with Crippen molar-refractivity contribution in [2.45, 2.75) is 37.8 Å². The predicted octanol–water partition coefficient (Wildman–Crippen LogP) is 3.17. The predicted molar refractivity (Wildman–Crippen MR) is 106 cm³/mol. The first-order valence-corrected chi connectivity index (χ1v) is 10.7. The molecule has 0 saturated carbocycles. The quantitative estimate of drug-likeness (QED) is 0.686. The summed E-state index contributed by atoms with van der Waals surface area (Å²) in [6, 6.07) is 16.4. The minimum Gasteiger partial charge on any atom is -0.297 e. The van der Waals surface area contributed by atoms with Crippen LogP contribution in [-0.4, -0.2) is 49.1 Å². The highest BCUT2D eigenvalue weighted by Crippen LogP contribution is 2.25. The minimum absolute atomic E-state index is 0.0313. The van der Waals surface area contributed by atoms with E-state index in [2.05, 4.69) is 17.0 Å². The van der Waals surface area contributed by atoms with Crippen LogP contribution in [0, 0.1) is 0 Å². The normalized spacial score (nSPS) is 18.1. The van der Waals surface area contributed by atoms with Gasteiger partial charge < -0.3 is 0 Å². The standard InChI is InChI=1S/C21H26N2O3S/c1-3-23(27(25,26)21-11-9-19(10-12-21)17(2)24)20-13-14-22(16-20)15-18-7-5-4-6-8-18/h4-12,20H,3,13-16H2,1-2H3. The number of hydrogen-bond acceptors (Lipinski definition) is 4. The highest BCUT2D eigenvalue weighted by atomic mass is 32.2. The van der Waals surface area contributed by atoms with Crippen LogP contribution in [0.25, 0.3) is 0 Å². The summed E-state index contributed by atoms with van der Waals surface area (Å²) < 4.78 is 27.8. The molecule has 1 aliphatic heterocycles. The van der Waals surface area contributed by atoms with Gasteiger partial charge in [0.2, 0.25) is 10.0 Å². The fraction of sp³-hybridized carbons (Fsp3) is 0.381. The van der Waals surface area contributed by atoms with E-state index in [-0.39, 0.29) is 16.7 Å². The van der Waals surface area contributed by atoms with Crippen LogP contribution in [-0.2, 0) is 16.6 Å². The van der Waals surface area contributed by atoms with Gasteiger partial charge in [-0.15, -0.1) is 0 Å². The van der Waals surface area contributed by atoms with Crippen molar-refractivity contribution in [2.24, 2.45) is 0 Å². The molecule has 2 aromatic rings. The molecule has 0 radical (unpaired) electrons. The molecule has 1 aliphatic rings. The molecule has 1 saturated heterocycles. The number of benzene rings is 2. The van der Waals surface area contributed by atoms with Crippen molar-refractivity contribution >= 4 is 15.8 Å². The molecule has 1 atom stereocenters. The number of sulfonamides is 1. The summed E-state index contributed by atoms with van der Waals surface area (Å²) >= 11 is 0. The van der Waals surface area contributed by atoms with Gasteiger partial charge in [0.15, 0.2) is 5.78 Å². The van der Waals surface area contributed by atoms with E-state index in [1.54, 1.807) is 16.4 Å². The number of likely N-dealkylation sites (tertiary alicyclic amines) is 1. The van der Waals surface area contributed by atoms with Crippen LogP contribution in [0.2, 0.25) is 0 Å². The van der Waals surface area contributed by atoms with Gasteiger partial charge in [-0.2, -0.15) is 4.31 Å². The first kappa shape index (κ1) is 19.7. The summed E-state index contributed by atoms with van der Waals surface area (Å²) in [6.07, 6.45) is 0.825. The Bertz CT molecular complexity index is 879. The maximum absolute atomic E-state index is 13.1. The van der Waals surface area contributed by atoms with E-state index in [0.29, 0.717) is 12.1 Å². The van der Waals surface area contributed by atoms with E-state index >= 15 is 0 Å². The first-order chi connectivity index (χ1) is 12.9. The van der Waals surface area contributed by atoms with Crippen molar-refractivity contribution < 1.29 is 13.2 Å². The third-order valence-corrected chi connectivity index (χ3v) is 7.12. The van der Waals surface area contributed by atoms with E-state index in [9.17, 15) is 13.2 Å². The lowest BCUT2D eigenvalue weighted by atomic mass is 10.2. The summed E-state index contributed by atoms with van der Waals surface area (Å²) in [4.78, 5) is 14.0. The Morgan fingerprint density at radius 2 is 1.78 bits per heavy atom. The lowest BCUT2D eigenvalue weighted by Crippen LogP contribution is -2.41. The zero-order valence-electron chi connectivity index (χ0n) is 15.8. The summed E-state index contributed by atoms with van der Waals surface area (Å²) in [5, 5.41) is 0. The SMILES string of the molecule is CCN(C1CCN(Cc2ccccc2)C1)S(=O)(=O)c1ccc(C(C)=O)cc1. The van der Waals surface area contributed by atoms with Crippen LogP contribution < -0.4 is 0 Å². The molecule has 5 nitrogen and oxygen atoms in total. The molecular formula is C21H26N2O3S. The molecule has 1 fully saturated rings. The van der Waals surface area contributed by atoms with Crippen molar-refractivity contribution in [3.05, 3.63) is 65.7 Å². The zero-order valence-corrected chi connectivity index (χ0v) is 16.7. The van der Waals surface area contributed by atoms with Gasteiger partial charge in [0.25, 0.3) is 0 Å². The summed E-state index contributed by atoms with van der Waals surface area (Å²) in [6.45, 7) is 6.23. The fourth-order valence-electron chi connectivity index (χ4n) is 3.65. The van der Waals surface area contributed by atoms with Gasteiger partial charge in [-0.25, -0.2) is 8.42 Å². The molecule has 1 heterocycles. The van der Waals surface area contributed by atoms with E-state index in [1.807, 2.05) is 25.1 Å². The largest absolute Gasteiger partial charge is 0.297 e. The van der Waals surface area contributed by atoms with Crippen molar-refractivity contribution in [3.63, 3.8) is 0 Å². The Morgan fingerprint density at radius 3 is 2.37 bits per heavy atom. The van der Waals surface area contributed by atoms with E-state index in [4.69, 9.17) is 0 Å². The van der Waals surface area contributed by atoms with Crippen molar-refractivity contribution in [1.29, 1.82) is 0 Å². The Labute approximate surface area is 161 Å². The number of nitrogens with zero attached hydrogens (tertiary/aromatic N) is 2. The van der Waals surface area contributed by atoms with Crippen molar-refractivity contribution in [2.75, 3.05) is 19.6 Å². The van der Waals surface area contributed by atoms with Crippen LogP contribution in [0.5, 0.6) is 0 Å². The minimum atomic E-state index is -3.58. The number of hydrogen-bond donors (Lipinski definition) is 0. The molecule has 0 amide bonds. The molecule has 0 spiro atoms. The highest BCUT2D eigenvalue weighted by molar-refractivity contribution is 7.89. The maximum atomic E-state index is 13.1. The molecule has 27 heavy (non-hydrogen) atoms. The third-order valence-electron chi connectivity index (χ3n) is 5.08. The lowest BCUT2D eigenvalue weighted by Gasteiger charge is -2.27. The first-order valence-electron chi connectivity index (χ1n) is 9.31. The Morgan fingerprint density at radius 1 is 1.11 bits per heavy atom. The van der Waals surface area contributed by atoms with Gasteiger partial charge in [-0.05, 0) is 31.0 Å². The number of ketones is 1. The van der Waals surface area contributed by atoms with E-state index in [1.165, 1.54) is 24.6 Å². The van der Waals surface area contributed by atoms with E-state index < -0.39 is 10.0 Å². The molecule has 144 valence electrons. The fourth-order valence-corrected chi connectivity index (χ4v) is 5.31. The number of likely N-dealkylation sites (N-methyl/N-ethyl adjacent to an activating group) is 1. The van der Waals surface area contributed by atoms with Gasteiger partial charge in [0.1, 0.15) is 0 Å². The lowest BCUT2D eigenvalue weighted by molar-refractivity contribution is 0.101. The molecule has 1 unspecified atom stereocenters. The van der Waals surface area contributed by atoms with Crippen LogP contribution in [0.3, 0.4) is 0 Å². The van der Waals surface area contributed by atoms with Gasteiger partial charge >= 0.3 is 0 Å². The van der Waals surface area contributed by atoms with Crippen LogP contribution in [0.15, 0.2) is 59.5 Å². The number of carbonyl (C=O) groups excluding carboxylic acids is 1. The average Bonchev–Trinajstić information content (AvgIpc) is 3.11. The second-order valence-corrected chi connectivity index (χ2v) is 8.84. The summed E-state index contributed by atoms with van der Waals surface area (Å²) in [5.74, 6) is -0.0707. The zero-order chi connectivity index (χ0) is 19.4. The summed E-state index contributed by atoms with van der Waals surface area (Å²) in [7, 11) is -3.58. The average molecular weight is 387 g/mol. The maximum Gasteiger partial charge on any atom is 0.243 e. The smallest absolute Gasteiger partial charge is 0.243 e. The van der Waals surface area contributed by atoms with Gasteiger partial charge in [-0.3, -0.25) is 9.69 Å². The van der Waals surface area contributed by atoms with Crippen molar-refractivity contribution in [1.82, 2.24) is 9.21 Å². The van der Waals surface area contributed by atoms with Crippen molar-refractivity contribution in [3.8, 4) is 0 Å². The topological polar surface area (TPSA) is 57.7 Å². The van der Waals surface area contributed by atoms with Gasteiger partial charge in [0, 0.05) is 37.8 Å². The second kappa shape index (κ2) is 8.33. The highest BCUT2D eigenvalue weighted by Gasteiger charge is 2.34. The van der Waals surface area contributed by atoms with Gasteiger partial charge in [0.05, 0.1) is 4.90 Å². The Kier molecular flexibility index (Phi) is 6.09. The molecule has 0 bridgehead atoms. The molecule has 0 aromatic heterocycles. The van der Waals surface area contributed by atoms with Crippen LogP contribution >= 0.6 is 0 Å². The molecule has 6 heteroatoms. The van der Waals surface area contributed by atoms with Gasteiger partial charge in [-0.1, -0.05) is 49.4 Å². The monoisotopic (exact) mass is 386 g/mol. The Balaban J connectivity index is 1.73. The molecule has 0 N–H and O–H groups in total. The summed E-state index contributed by atoms with van der Waals surface area (Å²) in [5.41, 5.74) is 1.76. The third kappa shape index (κ3) is 4.46. The number of carbonyl (C=O) groups is 1. The Hall–Kier alpha value is -2.02. The van der Waals surface area contributed by atoms with Crippen LogP contribution in [0.1, 0.15) is 36.2 Å². The molecule has 2 aromatic carbocycles. The number of Topliss-reactive ketones (excluding diaryl/α,β-unsaturated/α-hetero) is 1. The molecule has 3 rings (SSSR count). The second-order valence-electron chi connectivity index (χ2n) is 6.95. The van der Waals surface area contributed by atoms with E-state index in [0.717, 1.165) is 26.1 Å². The van der Waals surface area contributed by atoms with Crippen LogP contribution in [0.4, 0.5) is 0 Å². The molecular weight excluding hydrogens is 360 g/mol. The molecule has 0 aliphatic carbocycles.